The lowest BCUT2D eigenvalue weighted by molar-refractivity contribution is -0.142. The fourth-order valence-electron chi connectivity index (χ4n) is 2.37. The van der Waals surface area contributed by atoms with E-state index in [2.05, 4.69) is 0 Å². The maximum absolute atomic E-state index is 12.5. The molecule has 6 heteroatoms. The van der Waals surface area contributed by atoms with Gasteiger partial charge < -0.3 is 10.0 Å². The van der Waals surface area contributed by atoms with Crippen LogP contribution in [0, 0.1) is 11.8 Å². The molecule has 3 rings (SSSR count). The molecule has 1 N–H and O–H groups in total. The molecular weight excluding hydrogens is 306 g/mol. The maximum Gasteiger partial charge on any atom is 0.307 e. The van der Waals surface area contributed by atoms with E-state index in [4.69, 9.17) is 5.11 Å². The predicted molar refractivity (Wildman–Crippen MR) is 82.1 cm³/mol. The van der Waals surface area contributed by atoms with Gasteiger partial charge in [0.1, 0.15) is 0 Å². The molecule has 1 fully saturated rings. The first-order valence-corrected chi connectivity index (χ1v) is 8.47. The van der Waals surface area contributed by atoms with Crippen LogP contribution in [0.3, 0.4) is 0 Å². The van der Waals surface area contributed by atoms with Crippen LogP contribution in [0.25, 0.3) is 0 Å². The zero-order valence-electron chi connectivity index (χ0n) is 11.3. The van der Waals surface area contributed by atoms with E-state index in [1.54, 1.807) is 27.6 Å². The molecule has 2 aromatic heterocycles. The molecule has 0 aliphatic heterocycles. The average Bonchev–Trinajstić information content (AvgIpc) is 2.85. The molecule has 0 spiro atoms. The molecule has 0 saturated heterocycles. The molecule has 0 aromatic carbocycles. The zero-order chi connectivity index (χ0) is 14.8. The Kier molecular flexibility index (Phi) is 4.07. The van der Waals surface area contributed by atoms with E-state index in [0.29, 0.717) is 19.5 Å². The van der Waals surface area contributed by atoms with Crippen molar-refractivity contribution in [2.45, 2.75) is 19.5 Å². The second kappa shape index (κ2) is 5.99. The lowest BCUT2D eigenvalue weighted by Gasteiger charge is -2.21. The zero-order valence-corrected chi connectivity index (χ0v) is 12.9. The van der Waals surface area contributed by atoms with Gasteiger partial charge in [0, 0.05) is 9.75 Å². The van der Waals surface area contributed by atoms with Crippen molar-refractivity contribution < 1.29 is 14.7 Å². The number of hydrogen-bond donors (Lipinski definition) is 1. The predicted octanol–water partition coefficient (Wildman–Crippen LogP) is 3.06. The van der Waals surface area contributed by atoms with Gasteiger partial charge >= 0.3 is 5.97 Å². The minimum Gasteiger partial charge on any atom is -0.481 e. The van der Waals surface area contributed by atoms with Crippen molar-refractivity contribution in [3.05, 3.63) is 44.8 Å². The molecule has 4 nitrogen and oxygen atoms in total. The van der Waals surface area contributed by atoms with Crippen molar-refractivity contribution in [1.82, 2.24) is 4.90 Å². The van der Waals surface area contributed by atoms with E-state index in [1.165, 1.54) is 0 Å². The molecule has 0 bridgehead atoms. The average molecular weight is 321 g/mol. The van der Waals surface area contributed by atoms with Crippen LogP contribution in [0.4, 0.5) is 0 Å². The van der Waals surface area contributed by atoms with Crippen LogP contribution in [-0.4, -0.2) is 21.9 Å². The molecular formula is C15H15NO3S2. The molecule has 0 unspecified atom stereocenters. The number of rotatable bonds is 6. The highest BCUT2D eigenvalue weighted by atomic mass is 32.1. The number of thiophene rings is 2. The van der Waals surface area contributed by atoms with Crippen molar-refractivity contribution >= 4 is 34.6 Å². The Hall–Kier alpha value is -1.66. The highest BCUT2D eigenvalue weighted by Crippen LogP contribution is 2.40. The maximum atomic E-state index is 12.5. The van der Waals surface area contributed by atoms with Crippen LogP contribution < -0.4 is 0 Å². The van der Waals surface area contributed by atoms with Crippen LogP contribution >= 0.6 is 22.7 Å². The third-order valence-corrected chi connectivity index (χ3v) is 5.31. The molecule has 1 amide bonds. The second-order valence-corrected chi connectivity index (χ2v) is 7.20. The first-order valence-electron chi connectivity index (χ1n) is 6.71. The van der Waals surface area contributed by atoms with Crippen LogP contribution in [-0.2, 0) is 22.7 Å². The summed E-state index contributed by atoms with van der Waals surface area (Å²) in [4.78, 5) is 27.5. The number of carbonyl (C=O) groups is 2. The summed E-state index contributed by atoms with van der Waals surface area (Å²) < 4.78 is 0. The highest BCUT2D eigenvalue weighted by molar-refractivity contribution is 7.10. The summed E-state index contributed by atoms with van der Waals surface area (Å²) in [5.74, 6) is -1.74. The Morgan fingerprint density at radius 1 is 1.10 bits per heavy atom. The van der Waals surface area contributed by atoms with Crippen LogP contribution in [0.15, 0.2) is 35.0 Å². The van der Waals surface area contributed by atoms with E-state index in [0.717, 1.165) is 9.75 Å². The van der Waals surface area contributed by atoms with Crippen molar-refractivity contribution in [2.75, 3.05) is 0 Å². The van der Waals surface area contributed by atoms with Crippen molar-refractivity contribution in [1.29, 1.82) is 0 Å². The van der Waals surface area contributed by atoms with Crippen LogP contribution in [0.2, 0.25) is 0 Å². The Bertz CT molecular complexity index is 585. The smallest absolute Gasteiger partial charge is 0.307 e. The monoisotopic (exact) mass is 321 g/mol. The van der Waals surface area contributed by atoms with E-state index in [1.807, 2.05) is 35.0 Å². The van der Waals surface area contributed by atoms with Crippen LogP contribution in [0.5, 0.6) is 0 Å². The van der Waals surface area contributed by atoms with Gasteiger partial charge in [0.2, 0.25) is 5.91 Å². The molecule has 2 aromatic rings. The molecule has 2 atom stereocenters. The molecule has 21 heavy (non-hydrogen) atoms. The Balaban J connectivity index is 1.72. The van der Waals surface area contributed by atoms with Gasteiger partial charge in [0.15, 0.2) is 0 Å². The number of nitrogens with zero attached hydrogens (tertiary/aromatic N) is 1. The van der Waals surface area contributed by atoms with Crippen LogP contribution in [0.1, 0.15) is 16.2 Å². The van der Waals surface area contributed by atoms with E-state index >= 15 is 0 Å². The summed E-state index contributed by atoms with van der Waals surface area (Å²) in [7, 11) is 0. The number of carboxylic acids is 1. The summed E-state index contributed by atoms with van der Waals surface area (Å²) in [5.41, 5.74) is 0. The number of carbonyl (C=O) groups excluding carboxylic acids is 1. The SMILES string of the molecule is O=C(O)[C@H]1C[C@@H]1C(=O)N(Cc1cccs1)Cc1cccs1. The second-order valence-electron chi connectivity index (χ2n) is 5.14. The number of aliphatic carboxylic acids is 1. The number of amides is 1. The fourth-order valence-corrected chi connectivity index (χ4v) is 3.81. The minimum atomic E-state index is -0.861. The number of hydrogen-bond acceptors (Lipinski definition) is 4. The van der Waals surface area contributed by atoms with Crippen molar-refractivity contribution in [3.63, 3.8) is 0 Å². The summed E-state index contributed by atoms with van der Waals surface area (Å²) in [6.45, 7) is 1.11. The first-order chi connectivity index (χ1) is 10.1. The molecule has 0 radical (unpaired) electrons. The largest absolute Gasteiger partial charge is 0.481 e. The van der Waals surface area contributed by atoms with Gasteiger partial charge in [-0.1, -0.05) is 12.1 Å². The normalized spacial score (nSPS) is 20.2. The topological polar surface area (TPSA) is 57.6 Å². The molecule has 110 valence electrons. The minimum absolute atomic E-state index is 0.0378. The first kappa shape index (κ1) is 14.3. The third kappa shape index (κ3) is 3.33. The summed E-state index contributed by atoms with van der Waals surface area (Å²) in [6, 6.07) is 7.93. The van der Waals surface area contributed by atoms with Gasteiger partial charge in [-0.25, -0.2) is 0 Å². The van der Waals surface area contributed by atoms with Gasteiger partial charge in [0.25, 0.3) is 0 Å². The quantitative estimate of drug-likeness (QED) is 0.889. The Morgan fingerprint density at radius 2 is 1.67 bits per heavy atom. The van der Waals surface area contributed by atoms with Crippen molar-refractivity contribution in [3.8, 4) is 0 Å². The van der Waals surface area contributed by atoms with Gasteiger partial charge in [-0.2, -0.15) is 0 Å². The van der Waals surface area contributed by atoms with E-state index < -0.39 is 11.9 Å². The van der Waals surface area contributed by atoms with Gasteiger partial charge in [-0.3, -0.25) is 9.59 Å². The van der Waals surface area contributed by atoms with Gasteiger partial charge in [0.05, 0.1) is 24.9 Å². The Labute approximate surface area is 130 Å². The highest BCUT2D eigenvalue weighted by Gasteiger charge is 2.49. The van der Waals surface area contributed by atoms with Gasteiger partial charge in [-0.05, 0) is 29.3 Å². The number of carboxylic acid groups (broad SMARTS) is 1. The molecule has 2 heterocycles. The molecule has 1 saturated carbocycles. The third-order valence-electron chi connectivity index (χ3n) is 3.59. The van der Waals surface area contributed by atoms with E-state index in [-0.39, 0.29) is 11.8 Å². The summed E-state index contributed by atoms with van der Waals surface area (Å²) in [6.07, 6.45) is 0.472. The molecule has 1 aliphatic carbocycles. The lowest BCUT2D eigenvalue weighted by atomic mass is 10.2. The Morgan fingerprint density at radius 3 is 2.05 bits per heavy atom. The molecule has 1 aliphatic rings. The lowest BCUT2D eigenvalue weighted by Crippen LogP contribution is -2.31. The summed E-state index contributed by atoms with van der Waals surface area (Å²) in [5, 5.41) is 13.0. The van der Waals surface area contributed by atoms with Gasteiger partial charge in [-0.15, -0.1) is 22.7 Å². The fraction of sp³-hybridized carbons (Fsp3) is 0.333. The standard InChI is InChI=1S/C15H15NO3S2/c17-14(12-7-13(12)15(18)19)16(8-10-3-1-5-20-10)9-11-4-2-6-21-11/h1-6,12-13H,7-9H2,(H,18,19)/t12-,13-/m0/s1. The van der Waals surface area contributed by atoms with Crippen molar-refractivity contribution in [2.24, 2.45) is 11.8 Å². The summed E-state index contributed by atoms with van der Waals surface area (Å²) >= 11 is 3.23. The van der Waals surface area contributed by atoms with E-state index in [9.17, 15) is 9.59 Å².